The Labute approximate surface area is 98.1 Å². The molecule has 0 heterocycles. The lowest BCUT2D eigenvalue weighted by Crippen LogP contribution is -2.25. The summed E-state index contributed by atoms with van der Waals surface area (Å²) in [5.41, 5.74) is 0. The van der Waals surface area contributed by atoms with E-state index in [0.29, 0.717) is 38.0 Å². The molecule has 0 aliphatic carbocycles. The van der Waals surface area contributed by atoms with Crippen LogP contribution in [0.3, 0.4) is 0 Å². The Morgan fingerprint density at radius 1 is 1.19 bits per heavy atom. The molecule has 0 aliphatic heterocycles. The number of rotatable bonds is 9. The van der Waals surface area contributed by atoms with Gasteiger partial charge in [0.2, 0.25) is 5.91 Å². The number of aliphatic carboxylic acids is 1. The van der Waals surface area contributed by atoms with Gasteiger partial charge in [-0.15, -0.1) is 0 Å². The number of carbonyl (C=O) groups is 2. The molecule has 0 bridgehead atoms. The first-order valence-electron chi connectivity index (χ1n) is 5.31. The van der Waals surface area contributed by atoms with E-state index >= 15 is 0 Å². The van der Waals surface area contributed by atoms with Gasteiger partial charge in [-0.1, -0.05) is 0 Å². The molecule has 5 nitrogen and oxygen atoms in total. The Morgan fingerprint density at radius 3 is 2.38 bits per heavy atom. The zero-order valence-corrected chi connectivity index (χ0v) is 10.3. The molecule has 0 aliphatic rings. The summed E-state index contributed by atoms with van der Waals surface area (Å²) in [7, 11) is -0.809. The van der Waals surface area contributed by atoms with Crippen LogP contribution in [0.15, 0.2) is 0 Å². The van der Waals surface area contributed by atoms with E-state index < -0.39 is 16.8 Å². The van der Waals surface area contributed by atoms with E-state index in [0.717, 1.165) is 0 Å². The van der Waals surface area contributed by atoms with Gasteiger partial charge in [-0.25, -0.2) is 0 Å². The minimum absolute atomic E-state index is 0.0627. The van der Waals surface area contributed by atoms with E-state index in [1.54, 1.807) is 6.26 Å². The molecule has 1 atom stereocenters. The molecular formula is C10H19NO4S. The lowest BCUT2D eigenvalue weighted by Gasteiger charge is -2.03. The lowest BCUT2D eigenvalue weighted by molar-refractivity contribution is -0.137. The van der Waals surface area contributed by atoms with Gasteiger partial charge >= 0.3 is 5.97 Å². The second-order valence-electron chi connectivity index (χ2n) is 3.58. The molecule has 0 aromatic heterocycles. The second kappa shape index (κ2) is 9.33. The molecule has 0 aromatic carbocycles. The molecule has 1 amide bonds. The normalized spacial score (nSPS) is 12.1. The second-order valence-corrected chi connectivity index (χ2v) is 5.14. The molecule has 1 unspecified atom stereocenters. The summed E-state index contributed by atoms with van der Waals surface area (Å²) in [5.74, 6) is -0.294. The van der Waals surface area contributed by atoms with Crippen LogP contribution in [-0.4, -0.2) is 39.7 Å². The summed E-state index contributed by atoms with van der Waals surface area (Å²) < 4.78 is 10.7. The maximum absolute atomic E-state index is 11.2. The number of unbranched alkanes of at least 4 members (excludes halogenated alkanes) is 1. The van der Waals surface area contributed by atoms with Crippen molar-refractivity contribution in [3.63, 3.8) is 0 Å². The van der Waals surface area contributed by atoms with Gasteiger partial charge in [0, 0.05) is 42.2 Å². The van der Waals surface area contributed by atoms with Gasteiger partial charge in [0.25, 0.3) is 0 Å². The monoisotopic (exact) mass is 249 g/mol. The van der Waals surface area contributed by atoms with Crippen molar-refractivity contribution < 1.29 is 18.9 Å². The largest absolute Gasteiger partial charge is 0.481 e. The van der Waals surface area contributed by atoms with Crippen LogP contribution >= 0.6 is 0 Å². The van der Waals surface area contributed by atoms with Gasteiger partial charge in [0.05, 0.1) is 0 Å². The van der Waals surface area contributed by atoms with E-state index in [2.05, 4.69) is 5.32 Å². The quantitative estimate of drug-likeness (QED) is 0.583. The zero-order chi connectivity index (χ0) is 12.4. The average molecular weight is 249 g/mol. The number of carbonyl (C=O) groups excluding carboxylic acids is 1. The SMILES string of the molecule is CS(=O)CCCNC(=O)CCCCC(=O)O. The van der Waals surface area contributed by atoms with Crippen molar-refractivity contribution in [1.82, 2.24) is 5.32 Å². The average Bonchev–Trinajstić information content (AvgIpc) is 2.19. The van der Waals surface area contributed by atoms with Crippen LogP contribution in [0.25, 0.3) is 0 Å². The van der Waals surface area contributed by atoms with Gasteiger partial charge in [0.1, 0.15) is 0 Å². The van der Waals surface area contributed by atoms with Gasteiger partial charge in [0.15, 0.2) is 0 Å². The first kappa shape index (κ1) is 15.1. The fraction of sp³-hybridized carbons (Fsp3) is 0.800. The van der Waals surface area contributed by atoms with Crippen LogP contribution in [-0.2, 0) is 20.4 Å². The zero-order valence-electron chi connectivity index (χ0n) is 9.53. The summed E-state index contributed by atoms with van der Waals surface area (Å²) in [5, 5.41) is 11.1. The van der Waals surface area contributed by atoms with Crippen molar-refractivity contribution in [2.24, 2.45) is 0 Å². The lowest BCUT2D eigenvalue weighted by atomic mass is 10.2. The molecule has 0 rings (SSSR count). The number of hydrogen-bond acceptors (Lipinski definition) is 3. The van der Waals surface area contributed by atoms with E-state index in [1.807, 2.05) is 0 Å². The molecule has 6 heteroatoms. The molecule has 0 radical (unpaired) electrons. The molecule has 2 N–H and O–H groups in total. The molecule has 16 heavy (non-hydrogen) atoms. The maximum Gasteiger partial charge on any atom is 0.303 e. The summed E-state index contributed by atoms with van der Waals surface area (Å²) in [6, 6.07) is 0. The predicted octanol–water partition coefficient (Wildman–Crippen LogP) is 0.516. The van der Waals surface area contributed by atoms with E-state index in [4.69, 9.17) is 5.11 Å². The minimum Gasteiger partial charge on any atom is -0.481 e. The number of hydrogen-bond donors (Lipinski definition) is 2. The third-order valence-corrected chi connectivity index (χ3v) is 2.84. The maximum atomic E-state index is 11.2. The highest BCUT2D eigenvalue weighted by Crippen LogP contribution is 1.99. The fourth-order valence-electron chi connectivity index (χ4n) is 1.15. The van der Waals surface area contributed by atoms with Gasteiger partial charge in [-0.05, 0) is 19.3 Å². The third-order valence-electron chi connectivity index (χ3n) is 1.98. The van der Waals surface area contributed by atoms with Crippen molar-refractivity contribution in [2.75, 3.05) is 18.6 Å². The van der Waals surface area contributed by atoms with Gasteiger partial charge in [-0.3, -0.25) is 13.8 Å². The topological polar surface area (TPSA) is 83.5 Å². The van der Waals surface area contributed by atoms with E-state index in [-0.39, 0.29) is 12.3 Å². The fourth-order valence-corrected chi connectivity index (χ4v) is 1.70. The molecule has 0 spiro atoms. The third kappa shape index (κ3) is 11.2. The Bertz CT molecular complexity index is 231. The van der Waals surface area contributed by atoms with Crippen LogP contribution in [0.5, 0.6) is 0 Å². The van der Waals surface area contributed by atoms with Crippen molar-refractivity contribution in [3.8, 4) is 0 Å². The highest BCUT2D eigenvalue weighted by molar-refractivity contribution is 7.84. The van der Waals surface area contributed by atoms with Gasteiger partial charge < -0.3 is 10.4 Å². The van der Waals surface area contributed by atoms with Crippen LogP contribution in [0.4, 0.5) is 0 Å². The van der Waals surface area contributed by atoms with Crippen molar-refractivity contribution in [3.05, 3.63) is 0 Å². The molecule has 0 saturated carbocycles. The first-order chi connectivity index (χ1) is 7.52. The van der Waals surface area contributed by atoms with E-state index in [9.17, 15) is 13.8 Å². The highest BCUT2D eigenvalue weighted by atomic mass is 32.2. The van der Waals surface area contributed by atoms with Crippen LogP contribution in [0.2, 0.25) is 0 Å². The molecule has 0 aromatic rings. The number of amides is 1. The first-order valence-corrected chi connectivity index (χ1v) is 7.03. The van der Waals surface area contributed by atoms with Crippen molar-refractivity contribution in [1.29, 1.82) is 0 Å². The smallest absolute Gasteiger partial charge is 0.303 e. The summed E-state index contributed by atoms with van der Waals surface area (Å²) in [6.45, 7) is 0.539. The van der Waals surface area contributed by atoms with Gasteiger partial charge in [-0.2, -0.15) is 0 Å². The minimum atomic E-state index is -0.828. The molecule has 0 saturated heterocycles. The van der Waals surface area contributed by atoms with Crippen LogP contribution < -0.4 is 5.32 Å². The number of carboxylic acid groups (broad SMARTS) is 1. The summed E-state index contributed by atoms with van der Waals surface area (Å²) >= 11 is 0. The van der Waals surface area contributed by atoms with Crippen LogP contribution in [0.1, 0.15) is 32.1 Å². The molecule has 94 valence electrons. The summed E-state index contributed by atoms with van der Waals surface area (Å²) in [4.78, 5) is 21.4. The van der Waals surface area contributed by atoms with Crippen molar-refractivity contribution in [2.45, 2.75) is 32.1 Å². The predicted molar refractivity (Wildman–Crippen MR) is 62.7 cm³/mol. The Morgan fingerprint density at radius 2 is 1.81 bits per heavy atom. The Balaban J connectivity index is 3.31. The molecule has 0 fully saturated rings. The van der Waals surface area contributed by atoms with Crippen molar-refractivity contribution >= 4 is 22.7 Å². The number of nitrogens with one attached hydrogen (secondary N) is 1. The Hall–Kier alpha value is -0.910. The molecular weight excluding hydrogens is 230 g/mol. The van der Waals surface area contributed by atoms with E-state index in [1.165, 1.54) is 0 Å². The standard InChI is InChI=1S/C10H19NO4S/c1-16(15)8-4-7-11-9(12)5-2-3-6-10(13)14/h2-8H2,1H3,(H,11,12)(H,13,14). The Kier molecular flexibility index (Phi) is 8.80. The van der Waals surface area contributed by atoms with Crippen LogP contribution in [0, 0.1) is 0 Å². The highest BCUT2D eigenvalue weighted by Gasteiger charge is 2.02. The summed E-state index contributed by atoms with van der Waals surface area (Å²) in [6.07, 6.45) is 3.95. The number of carboxylic acids is 1.